The summed E-state index contributed by atoms with van der Waals surface area (Å²) in [6.07, 6.45) is 0. The van der Waals surface area contributed by atoms with Gasteiger partial charge in [0.1, 0.15) is 0 Å². The first-order chi connectivity index (χ1) is 5.29. The molecule has 0 amide bonds. The van der Waals surface area contributed by atoms with Gasteiger partial charge in [0, 0.05) is 6.54 Å². The van der Waals surface area contributed by atoms with E-state index in [1.54, 1.807) is 0 Å². The third-order valence-corrected chi connectivity index (χ3v) is 1.88. The Morgan fingerprint density at radius 1 is 1.45 bits per heavy atom. The van der Waals surface area contributed by atoms with Crippen LogP contribution in [0.2, 0.25) is 0 Å². The zero-order valence-corrected chi connectivity index (χ0v) is 6.67. The highest BCUT2D eigenvalue weighted by atomic mass is 16.3. The largest absolute Gasteiger partial charge is 0.392 e. The second-order valence-electron chi connectivity index (χ2n) is 2.57. The molecule has 0 aliphatic carbocycles. The van der Waals surface area contributed by atoms with Crippen molar-refractivity contribution in [3.8, 4) is 0 Å². The van der Waals surface area contributed by atoms with E-state index in [1.165, 1.54) is 0 Å². The third-order valence-electron chi connectivity index (χ3n) is 1.88. The fourth-order valence-corrected chi connectivity index (χ4v) is 1.20. The molecule has 0 bridgehead atoms. The Labute approximate surface area is 66.7 Å². The molecule has 0 aliphatic heterocycles. The lowest BCUT2D eigenvalue weighted by molar-refractivity contribution is 0.280. The lowest BCUT2D eigenvalue weighted by atomic mass is 10.0. The molecule has 0 radical (unpaired) electrons. The SMILES string of the molecule is Cc1cccc(CO)c1CN. The minimum atomic E-state index is 0.0776. The van der Waals surface area contributed by atoms with Crippen molar-refractivity contribution < 1.29 is 5.11 Å². The predicted octanol–water partition coefficient (Wildman–Crippen LogP) is 0.946. The van der Waals surface area contributed by atoms with Crippen LogP contribution in [-0.2, 0) is 13.2 Å². The molecule has 0 heterocycles. The number of aliphatic hydroxyl groups is 1. The van der Waals surface area contributed by atoms with Crippen LogP contribution in [0.1, 0.15) is 16.7 Å². The summed E-state index contributed by atoms with van der Waals surface area (Å²) in [7, 11) is 0. The van der Waals surface area contributed by atoms with Crippen LogP contribution in [0, 0.1) is 6.92 Å². The second-order valence-corrected chi connectivity index (χ2v) is 2.57. The van der Waals surface area contributed by atoms with E-state index in [0.717, 1.165) is 16.7 Å². The van der Waals surface area contributed by atoms with Crippen LogP contribution in [0.5, 0.6) is 0 Å². The van der Waals surface area contributed by atoms with Crippen LogP contribution >= 0.6 is 0 Å². The maximum Gasteiger partial charge on any atom is 0.0685 e. The van der Waals surface area contributed by atoms with Gasteiger partial charge in [-0.05, 0) is 23.6 Å². The zero-order valence-electron chi connectivity index (χ0n) is 6.67. The van der Waals surface area contributed by atoms with E-state index in [-0.39, 0.29) is 6.61 Å². The van der Waals surface area contributed by atoms with E-state index in [9.17, 15) is 0 Å². The van der Waals surface area contributed by atoms with Crippen molar-refractivity contribution in [2.24, 2.45) is 5.73 Å². The molecular weight excluding hydrogens is 138 g/mol. The lowest BCUT2D eigenvalue weighted by Gasteiger charge is -2.07. The normalized spacial score (nSPS) is 10.1. The minimum Gasteiger partial charge on any atom is -0.392 e. The molecule has 2 heteroatoms. The van der Waals surface area contributed by atoms with Crippen molar-refractivity contribution in [1.29, 1.82) is 0 Å². The van der Waals surface area contributed by atoms with Crippen molar-refractivity contribution in [1.82, 2.24) is 0 Å². The van der Waals surface area contributed by atoms with Gasteiger partial charge < -0.3 is 10.8 Å². The Balaban J connectivity index is 3.13. The van der Waals surface area contributed by atoms with Crippen LogP contribution in [0.25, 0.3) is 0 Å². The Hall–Kier alpha value is -0.860. The monoisotopic (exact) mass is 151 g/mol. The maximum absolute atomic E-state index is 8.92. The smallest absolute Gasteiger partial charge is 0.0685 e. The molecule has 0 fully saturated rings. The van der Waals surface area contributed by atoms with Gasteiger partial charge in [0.05, 0.1) is 6.61 Å². The Morgan fingerprint density at radius 3 is 2.64 bits per heavy atom. The van der Waals surface area contributed by atoms with Crippen LogP contribution in [0.4, 0.5) is 0 Å². The molecule has 0 saturated heterocycles. The number of nitrogens with two attached hydrogens (primary N) is 1. The lowest BCUT2D eigenvalue weighted by Crippen LogP contribution is -2.03. The first-order valence-corrected chi connectivity index (χ1v) is 3.68. The van der Waals surface area contributed by atoms with Gasteiger partial charge in [-0.2, -0.15) is 0 Å². The number of benzene rings is 1. The van der Waals surface area contributed by atoms with E-state index in [0.29, 0.717) is 6.54 Å². The quantitative estimate of drug-likeness (QED) is 0.661. The number of aliphatic hydroxyl groups excluding tert-OH is 1. The molecule has 11 heavy (non-hydrogen) atoms. The second kappa shape index (κ2) is 3.51. The van der Waals surface area contributed by atoms with Crippen LogP contribution in [0.15, 0.2) is 18.2 Å². The summed E-state index contributed by atoms with van der Waals surface area (Å²) in [5.41, 5.74) is 8.67. The third kappa shape index (κ3) is 1.59. The molecule has 60 valence electrons. The van der Waals surface area contributed by atoms with E-state index < -0.39 is 0 Å². The van der Waals surface area contributed by atoms with Crippen molar-refractivity contribution in [2.75, 3.05) is 0 Å². The first-order valence-electron chi connectivity index (χ1n) is 3.68. The number of hydrogen-bond donors (Lipinski definition) is 2. The Bertz CT molecular complexity index is 245. The summed E-state index contributed by atoms with van der Waals surface area (Å²) in [4.78, 5) is 0. The fraction of sp³-hybridized carbons (Fsp3) is 0.333. The Kier molecular flexibility index (Phi) is 2.63. The number of hydrogen-bond acceptors (Lipinski definition) is 2. The molecular formula is C9H13NO. The van der Waals surface area contributed by atoms with Gasteiger partial charge >= 0.3 is 0 Å². The van der Waals surface area contributed by atoms with Gasteiger partial charge in [0.2, 0.25) is 0 Å². The summed E-state index contributed by atoms with van der Waals surface area (Å²) < 4.78 is 0. The van der Waals surface area contributed by atoms with Crippen molar-refractivity contribution in [2.45, 2.75) is 20.1 Å². The first kappa shape index (κ1) is 8.24. The van der Waals surface area contributed by atoms with Gasteiger partial charge in [0.25, 0.3) is 0 Å². The molecule has 0 spiro atoms. The molecule has 0 atom stereocenters. The van der Waals surface area contributed by atoms with E-state index in [2.05, 4.69) is 0 Å². The topological polar surface area (TPSA) is 46.2 Å². The highest BCUT2D eigenvalue weighted by molar-refractivity contribution is 5.33. The fourth-order valence-electron chi connectivity index (χ4n) is 1.20. The van der Waals surface area contributed by atoms with Crippen molar-refractivity contribution in [3.05, 3.63) is 34.9 Å². The number of rotatable bonds is 2. The molecule has 1 rings (SSSR count). The highest BCUT2D eigenvalue weighted by Crippen LogP contribution is 2.12. The van der Waals surface area contributed by atoms with E-state index >= 15 is 0 Å². The van der Waals surface area contributed by atoms with Crippen molar-refractivity contribution in [3.63, 3.8) is 0 Å². The van der Waals surface area contributed by atoms with Crippen molar-refractivity contribution >= 4 is 0 Å². The molecule has 0 saturated carbocycles. The number of aryl methyl sites for hydroxylation is 1. The molecule has 0 aliphatic rings. The molecule has 0 aromatic heterocycles. The maximum atomic E-state index is 8.92. The molecule has 0 unspecified atom stereocenters. The van der Waals surface area contributed by atoms with Crippen LogP contribution in [-0.4, -0.2) is 5.11 Å². The zero-order chi connectivity index (χ0) is 8.27. The minimum absolute atomic E-state index is 0.0776. The standard InChI is InChI=1S/C9H13NO/c1-7-3-2-4-8(6-11)9(7)5-10/h2-4,11H,5-6,10H2,1H3. The van der Waals surface area contributed by atoms with Gasteiger partial charge in [0.15, 0.2) is 0 Å². The Morgan fingerprint density at radius 2 is 2.18 bits per heavy atom. The van der Waals surface area contributed by atoms with Gasteiger partial charge in [-0.3, -0.25) is 0 Å². The summed E-state index contributed by atoms with van der Waals surface area (Å²) in [6, 6.07) is 5.83. The summed E-state index contributed by atoms with van der Waals surface area (Å²) in [6.45, 7) is 2.58. The predicted molar refractivity (Wildman–Crippen MR) is 45.0 cm³/mol. The van der Waals surface area contributed by atoms with Crippen LogP contribution < -0.4 is 5.73 Å². The molecule has 1 aromatic rings. The van der Waals surface area contributed by atoms with Gasteiger partial charge in [-0.25, -0.2) is 0 Å². The molecule has 2 nitrogen and oxygen atoms in total. The summed E-state index contributed by atoms with van der Waals surface area (Å²) >= 11 is 0. The molecule has 3 N–H and O–H groups in total. The average molecular weight is 151 g/mol. The van der Waals surface area contributed by atoms with E-state index in [4.69, 9.17) is 10.8 Å². The molecule has 1 aromatic carbocycles. The van der Waals surface area contributed by atoms with Gasteiger partial charge in [-0.1, -0.05) is 18.2 Å². The summed E-state index contributed by atoms with van der Waals surface area (Å²) in [5.74, 6) is 0. The van der Waals surface area contributed by atoms with E-state index in [1.807, 2.05) is 25.1 Å². The summed E-state index contributed by atoms with van der Waals surface area (Å²) in [5, 5.41) is 8.92. The van der Waals surface area contributed by atoms with Crippen LogP contribution in [0.3, 0.4) is 0 Å². The highest BCUT2D eigenvalue weighted by Gasteiger charge is 2.00. The van der Waals surface area contributed by atoms with Gasteiger partial charge in [-0.15, -0.1) is 0 Å². The average Bonchev–Trinajstić information content (AvgIpc) is 2.04.